The van der Waals surface area contributed by atoms with Crippen LogP contribution in [-0.4, -0.2) is 60.4 Å². The van der Waals surface area contributed by atoms with E-state index in [1.54, 1.807) is 13.3 Å². The second-order valence-corrected chi connectivity index (χ2v) is 8.52. The van der Waals surface area contributed by atoms with Gasteiger partial charge in [0.1, 0.15) is 6.10 Å². The van der Waals surface area contributed by atoms with Crippen molar-refractivity contribution in [3.63, 3.8) is 0 Å². The first-order valence-electron chi connectivity index (χ1n) is 10.9. The molecule has 2 aromatic heterocycles. The van der Waals surface area contributed by atoms with Gasteiger partial charge in [-0.3, -0.25) is 4.79 Å². The first kappa shape index (κ1) is 23.9. The molecule has 0 bridgehead atoms. The number of ether oxygens (including phenoxy) is 2. The Kier molecular flexibility index (Phi) is 8.39. The molecular weight excluding hydrogens is 432 g/mol. The van der Waals surface area contributed by atoms with Crippen molar-refractivity contribution in [1.29, 1.82) is 0 Å². The molecule has 2 aromatic rings. The fourth-order valence-electron chi connectivity index (χ4n) is 4.04. The lowest BCUT2D eigenvalue weighted by atomic mass is 9.96. The van der Waals surface area contributed by atoms with E-state index in [0.717, 1.165) is 45.2 Å². The van der Waals surface area contributed by atoms with Gasteiger partial charge in [-0.15, -0.1) is 0 Å². The number of carbonyl (C=O) groups is 1. The Balaban J connectivity index is 0.000000668. The molecule has 4 rings (SSSR count). The molecule has 2 unspecified atom stereocenters. The molecule has 2 saturated heterocycles. The molecule has 0 radical (unpaired) electrons. The van der Waals surface area contributed by atoms with Crippen LogP contribution in [0.2, 0.25) is 5.02 Å². The third kappa shape index (κ3) is 6.38. The summed E-state index contributed by atoms with van der Waals surface area (Å²) in [6.07, 6.45) is 7.17. The van der Waals surface area contributed by atoms with E-state index in [9.17, 15) is 0 Å². The van der Waals surface area contributed by atoms with E-state index in [2.05, 4.69) is 32.8 Å². The van der Waals surface area contributed by atoms with Crippen molar-refractivity contribution in [3.05, 3.63) is 35.6 Å². The number of piperidine rings is 1. The average Bonchev–Trinajstić information content (AvgIpc) is 3.31. The maximum Gasteiger partial charge on any atom is 0.300 e. The third-order valence-electron chi connectivity index (χ3n) is 5.65. The topological polar surface area (TPSA) is 88.0 Å². The first-order valence-corrected chi connectivity index (χ1v) is 11.3. The number of rotatable bonds is 5. The number of aromatic nitrogens is 2. The minimum atomic E-state index is -0.833. The van der Waals surface area contributed by atoms with Gasteiger partial charge in [0.05, 0.1) is 35.9 Å². The number of anilines is 2. The Morgan fingerprint density at radius 3 is 2.41 bits per heavy atom. The number of carboxylic acids is 1. The van der Waals surface area contributed by atoms with Gasteiger partial charge in [-0.25, -0.2) is 9.97 Å². The fraction of sp³-hybridized carbons (Fsp3) is 0.522. The van der Waals surface area contributed by atoms with Gasteiger partial charge in [-0.1, -0.05) is 18.5 Å². The van der Waals surface area contributed by atoms with Crippen LogP contribution in [0.5, 0.6) is 11.8 Å². The van der Waals surface area contributed by atoms with E-state index in [4.69, 9.17) is 31.0 Å². The summed E-state index contributed by atoms with van der Waals surface area (Å²) in [6, 6.07) is 6.02. The molecular formula is C23H31ClN4O4. The number of pyridine rings is 2. The summed E-state index contributed by atoms with van der Waals surface area (Å²) in [4.78, 5) is 22.4. The van der Waals surface area contributed by atoms with Gasteiger partial charge < -0.3 is 24.4 Å². The highest BCUT2D eigenvalue weighted by Crippen LogP contribution is 2.33. The molecule has 2 fully saturated rings. The number of hydrogen-bond acceptors (Lipinski definition) is 7. The number of nitrogens with zero attached hydrogens (tertiary/aromatic N) is 4. The molecule has 2 atom stereocenters. The molecule has 0 amide bonds. The maximum absolute atomic E-state index is 9.00. The van der Waals surface area contributed by atoms with E-state index in [1.165, 1.54) is 18.5 Å². The van der Waals surface area contributed by atoms with E-state index in [0.29, 0.717) is 22.7 Å². The van der Waals surface area contributed by atoms with Crippen LogP contribution >= 0.6 is 11.6 Å². The lowest BCUT2D eigenvalue weighted by Crippen LogP contribution is -2.44. The zero-order chi connectivity index (χ0) is 23.1. The van der Waals surface area contributed by atoms with Crippen LogP contribution < -0.4 is 19.3 Å². The van der Waals surface area contributed by atoms with Crippen LogP contribution in [0.15, 0.2) is 30.6 Å². The molecule has 4 heterocycles. The standard InChI is InChI=1S/C21H27ClN4O2.C2H4O2/c1-15-14-26(18-11-21(27-2)24-13-17(18)22)10-7-19(15)28-20-6-5-16(12-23-20)25-8-3-4-9-25;1-2(3)4/h5-6,11-13,15,19H,3-4,7-10,14H2,1-2H3;1H3,(H,3,4). The molecule has 0 saturated carbocycles. The highest BCUT2D eigenvalue weighted by atomic mass is 35.5. The van der Waals surface area contributed by atoms with Gasteiger partial charge in [0.25, 0.3) is 5.97 Å². The molecule has 9 heteroatoms. The lowest BCUT2D eigenvalue weighted by Gasteiger charge is -2.38. The van der Waals surface area contributed by atoms with Crippen LogP contribution in [0.4, 0.5) is 11.4 Å². The van der Waals surface area contributed by atoms with Crippen LogP contribution in [0.3, 0.4) is 0 Å². The molecule has 0 aliphatic carbocycles. The van der Waals surface area contributed by atoms with Crippen LogP contribution in [0.1, 0.15) is 33.1 Å². The number of aliphatic carboxylic acids is 1. The number of methoxy groups -OCH3 is 1. The minimum absolute atomic E-state index is 0.142. The third-order valence-corrected chi connectivity index (χ3v) is 5.94. The van der Waals surface area contributed by atoms with Gasteiger partial charge in [0, 0.05) is 57.6 Å². The van der Waals surface area contributed by atoms with E-state index in [-0.39, 0.29) is 6.10 Å². The Morgan fingerprint density at radius 1 is 1.12 bits per heavy atom. The summed E-state index contributed by atoms with van der Waals surface area (Å²) >= 11 is 6.36. The highest BCUT2D eigenvalue weighted by molar-refractivity contribution is 6.33. The SMILES string of the molecule is CC(=O)O.COc1cc(N2CCC(Oc3ccc(N4CCCC4)cn3)C(C)C2)c(Cl)cn1. The fourth-order valence-corrected chi connectivity index (χ4v) is 4.26. The summed E-state index contributed by atoms with van der Waals surface area (Å²) in [6.45, 7) is 7.28. The predicted octanol–water partition coefficient (Wildman–Crippen LogP) is 4.12. The van der Waals surface area contributed by atoms with Crippen molar-refractivity contribution < 1.29 is 19.4 Å². The highest BCUT2D eigenvalue weighted by Gasteiger charge is 2.29. The monoisotopic (exact) mass is 462 g/mol. The van der Waals surface area contributed by atoms with Crippen molar-refractivity contribution in [3.8, 4) is 11.8 Å². The van der Waals surface area contributed by atoms with Gasteiger partial charge in [-0.05, 0) is 18.9 Å². The Hall–Kier alpha value is -2.74. The second-order valence-electron chi connectivity index (χ2n) is 8.11. The summed E-state index contributed by atoms with van der Waals surface area (Å²) in [5.41, 5.74) is 2.15. The predicted molar refractivity (Wildman–Crippen MR) is 125 cm³/mol. The molecule has 8 nitrogen and oxygen atoms in total. The quantitative estimate of drug-likeness (QED) is 0.709. The van der Waals surface area contributed by atoms with Crippen LogP contribution in [0, 0.1) is 5.92 Å². The molecule has 174 valence electrons. The van der Waals surface area contributed by atoms with E-state index < -0.39 is 5.97 Å². The normalized spacial score (nSPS) is 20.4. The zero-order valence-electron chi connectivity index (χ0n) is 18.8. The summed E-state index contributed by atoms with van der Waals surface area (Å²) in [5.74, 6) is 0.800. The molecule has 1 N–H and O–H groups in total. The number of halogens is 1. The molecule has 2 aliphatic heterocycles. The Bertz CT molecular complexity index is 886. The maximum atomic E-state index is 9.00. The average molecular weight is 463 g/mol. The minimum Gasteiger partial charge on any atom is -0.481 e. The summed E-state index contributed by atoms with van der Waals surface area (Å²) < 4.78 is 11.5. The van der Waals surface area contributed by atoms with Crippen molar-refractivity contribution in [1.82, 2.24) is 9.97 Å². The smallest absolute Gasteiger partial charge is 0.300 e. The summed E-state index contributed by atoms with van der Waals surface area (Å²) in [7, 11) is 1.62. The largest absolute Gasteiger partial charge is 0.481 e. The Labute approximate surface area is 194 Å². The first-order chi connectivity index (χ1) is 15.4. The lowest BCUT2D eigenvalue weighted by molar-refractivity contribution is -0.134. The van der Waals surface area contributed by atoms with Crippen molar-refractivity contribution in [2.24, 2.45) is 5.92 Å². The summed E-state index contributed by atoms with van der Waals surface area (Å²) in [5, 5.41) is 8.06. The van der Waals surface area contributed by atoms with E-state index in [1.807, 2.05) is 18.3 Å². The molecule has 32 heavy (non-hydrogen) atoms. The van der Waals surface area contributed by atoms with Gasteiger partial charge >= 0.3 is 0 Å². The van der Waals surface area contributed by atoms with Crippen molar-refractivity contribution >= 4 is 28.9 Å². The number of hydrogen-bond donors (Lipinski definition) is 1. The second kappa shape index (κ2) is 11.2. The van der Waals surface area contributed by atoms with Crippen molar-refractivity contribution in [2.45, 2.75) is 39.2 Å². The van der Waals surface area contributed by atoms with Crippen LogP contribution in [0.25, 0.3) is 0 Å². The van der Waals surface area contributed by atoms with Gasteiger partial charge in [-0.2, -0.15) is 0 Å². The number of carboxylic acid groups (broad SMARTS) is 1. The van der Waals surface area contributed by atoms with Crippen molar-refractivity contribution in [2.75, 3.05) is 43.1 Å². The van der Waals surface area contributed by atoms with E-state index >= 15 is 0 Å². The Morgan fingerprint density at radius 2 is 1.81 bits per heavy atom. The van der Waals surface area contributed by atoms with Gasteiger partial charge in [0.15, 0.2) is 0 Å². The molecule has 2 aliphatic rings. The molecule has 0 aromatic carbocycles. The van der Waals surface area contributed by atoms with Crippen LogP contribution in [-0.2, 0) is 4.79 Å². The molecule has 0 spiro atoms. The van der Waals surface area contributed by atoms with Gasteiger partial charge in [0.2, 0.25) is 11.8 Å². The zero-order valence-corrected chi connectivity index (χ0v) is 19.6.